The van der Waals surface area contributed by atoms with Gasteiger partial charge in [0.25, 0.3) is 0 Å². The second-order valence-corrected chi connectivity index (χ2v) is 7.14. The predicted molar refractivity (Wildman–Crippen MR) is 83.3 cm³/mol. The normalized spacial score (nSPS) is 20.4. The molecule has 1 aromatic rings. The van der Waals surface area contributed by atoms with E-state index in [2.05, 4.69) is 63.3 Å². The molecule has 1 saturated carbocycles. The third-order valence-corrected chi connectivity index (χ3v) is 5.58. The van der Waals surface area contributed by atoms with E-state index in [0.29, 0.717) is 10.8 Å². The number of rotatable bonds is 7. The Balaban J connectivity index is 1.54. The van der Waals surface area contributed by atoms with Crippen LogP contribution >= 0.6 is 0 Å². The van der Waals surface area contributed by atoms with Crippen LogP contribution in [-0.4, -0.2) is 13.1 Å². The molecule has 0 aliphatic heterocycles. The largest absolute Gasteiger partial charge is 0.316 e. The van der Waals surface area contributed by atoms with Gasteiger partial charge in [-0.15, -0.1) is 0 Å². The van der Waals surface area contributed by atoms with Crippen LogP contribution in [0.4, 0.5) is 0 Å². The van der Waals surface area contributed by atoms with Crippen molar-refractivity contribution in [3.8, 4) is 0 Å². The minimum absolute atomic E-state index is 0.518. The van der Waals surface area contributed by atoms with Crippen LogP contribution in [0, 0.1) is 16.7 Å². The molecule has 1 aliphatic carbocycles. The number of hydrogen-bond donors (Lipinski definition) is 1. The third-order valence-electron chi connectivity index (χ3n) is 5.58. The fourth-order valence-electron chi connectivity index (χ4n) is 3.31. The highest BCUT2D eigenvalue weighted by atomic mass is 14.9. The van der Waals surface area contributed by atoms with Gasteiger partial charge in [-0.25, -0.2) is 0 Å². The lowest BCUT2D eigenvalue weighted by Crippen LogP contribution is -2.20. The van der Waals surface area contributed by atoms with Gasteiger partial charge in [-0.1, -0.05) is 58.0 Å². The molecule has 0 saturated heterocycles. The fraction of sp³-hybridized carbons (Fsp3) is 0.667. The molecule has 0 atom stereocenters. The van der Waals surface area contributed by atoms with Crippen LogP contribution in [0.2, 0.25) is 0 Å². The van der Waals surface area contributed by atoms with Gasteiger partial charge in [-0.2, -0.15) is 0 Å². The summed E-state index contributed by atoms with van der Waals surface area (Å²) in [6.45, 7) is 11.9. The average molecular weight is 259 g/mol. The molecule has 1 fully saturated rings. The summed E-state index contributed by atoms with van der Waals surface area (Å²) >= 11 is 0. The molecule has 1 nitrogen and oxygen atoms in total. The standard InChI is InChI=1S/C18H29N/c1-17(2)16(18(17,3)4)14-19-13-9-8-12-15-10-6-5-7-11-15/h5-7,10-11,16,19H,8-9,12-14H2,1-4H3. The van der Waals surface area contributed by atoms with Crippen LogP contribution in [0.15, 0.2) is 30.3 Å². The first-order chi connectivity index (χ1) is 8.96. The van der Waals surface area contributed by atoms with Crippen molar-refractivity contribution in [1.29, 1.82) is 0 Å². The topological polar surface area (TPSA) is 12.0 Å². The van der Waals surface area contributed by atoms with Crippen LogP contribution in [0.3, 0.4) is 0 Å². The second-order valence-electron chi connectivity index (χ2n) is 7.14. The third kappa shape index (κ3) is 3.20. The Bertz CT molecular complexity index is 377. The fourth-order valence-corrected chi connectivity index (χ4v) is 3.31. The molecule has 1 aromatic carbocycles. The molecule has 0 aromatic heterocycles. The smallest absolute Gasteiger partial charge is 0.000989 e. The summed E-state index contributed by atoms with van der Waals surface area (Å²) in [4.78, 5) is 0. The van der Waals surface area contributed by atoms with E-state index in [0.717, 1.165) is 12.5 Å². The minimum atomic E-state index is 0.518. The average Bonchev–Trinajstić information content (AvgIpc) is 2.76. The molecule has 1 heteroatoms. The van der Waals surface area contributed by atoms with Crippen molar-refractivity contribution in [1.82, 2.24) is 5.32 Å². The molecule has 0 bridgehead atoms. The van der Waals surface area contributed by atoms with Crippen molar-refractivity contribution in [3.05, 3.63) is 35.9 Å². The van der Waals surface area contributed by atoms with Crippen molar-refractivity contribution in [3.63, 3.8) is 0 Å². The van der Waals surface area contributed by atoms with Gasteiger partial charge in [0.05, 0.1) is 0 Å². The number of benzene rings is 1. The van der Waals surface area contributed by atoms with Crippen molar-refractivity contribution in [2.24, 2.45) is 16.7 Å². The quantitative estimate of drug-likeness (QED) is 0.721. The summed E-state index contributed by atoms with van der Waals surface area (Å²) in [7, 11) is 0. The van der Waals surface area contributed by atoms with Crippen LogP contribution in [-0.2, 0) is 6.42 Å². The van der Waals surface area contributed by atoms with E-state index in [4.69, 9.17) is 0 Å². The summed E-state index contributed by atoms with van der Waals surface area (Å²) in [5, 5.41) is 3.64. The van der Waals surface area contributed by atoms with Gasteiger partial charge >= 0.3 is 0 Å². The van der Waals surface area contributed by atoms with Gasteiger partial charge in [0.2, 0.25) is 0 Å². The first-order valence-corrected chi connectivity index (χ1v) is 7.71. The van der Waals surface area contributed by atoms with Crippen molar-refractivity contribution in [2.45, 2.75) is 47.0 Å². The molecule has 106 valence electrons. The Hall–Kier alpha value is -0.820. The molecule has 1 aliphatic rings. The zero-order chi connectivity index (χ0) is 13.9. The Morgan fingerprint density at radius 3 is 2.16 bits per heavy atom. The van der Waals surface area contributed by atoms with Gasteiger partial charge in [-0.05, 0) is 54.7 Å². The molecule has 0 radical (unpaired) electrons. The lowest BCUT2D eigenvalue weighted by Gasteiger charge is -2.06. The lowest BCUT2D eigenvalue weighted by molar-refractivity contribution is 0.457. The van der Waals surface area contributed by atoms with Gasteiger partial charge < -0.3 is 5.32 Å². The zero-order valence-corrected chi connectivity index (χ0v) is 13.0. The maximum absolute atomic E-state index is 3.64. The molecule has 19 heavy (non-hydrogen) atoms. The summed E-state index contributed by atoms with van der Waals surface area (Å²) in [6, 6.07) is 10.8. The predicted octanol–water partition coefficient (Wildman–Crippen LogP) is 4.28. The van der Waals surface area contributed by atoms with Crippen molar-refractivity contribution in [2.75, 3.05) is 13.1 Å². The summed E-state index contributed by atoms with van der Waals surface area (Å²) < 4.78 is 0. The van der Waals surface area contributed by atoms with Crippen molar-refractivity contribution >= 4 is 0 Å². The monoisotopic (exact) mass is 259 g/mol. The summed E-state index contributed by atoms with van der Waals surface area (Å²) in [6.07, 6.45) is 3.78. The number of nitrogens with one attached hydrogen (secondary N) is 1. The SMILES string of the molecule is CC1(C)C(CNCCCCc2ccccc2)C1(C)C. The first-order valence-electron chi connectivity index (χ1n) is 7.71. The maximum atomic E-state index is 3.64. The number of unbranched alkanes of at least 4 members (excludes halogenated alkanes) is 1. The molecular weight excluding hydrogens is 230 g/mol. The molecule has 1 N–H and O–H groups in total. The van der Waals surface area contributed by atoms with E-state index >= 15 is 0 Å². The molecule has 2 rings (SSSR count). The first kappa shape index (κ1) is 14.6. The van der Waals surface area contributed by atoms with E-state index in [1.165, 1.54) is 31.4 Å². The van der Waals surface area contributed by atoms with Gasteiger partial charge in [-0.3, -0.25) is 0 Å². The van der Waals surface area contributed by atoms with E-state index in [9.17, 15) is 0 Å². The van der Waals surface area contributed by atoms with Gasteiger partial charge in [0.1, 0.15) is 0 Å². The minimum Gasteiger partial charge on any atom is -0.316 e. The molecule has 0 amide bonds. The Labute approximate surface area is 118 Å². The number of hydrogen-bond acceptors (Lipinski definition) is 1. The molecular formula is C18H29N. The van der Waals surface area contributed by atoms with Crippen LogP contribution in [0.5, 0.6) is 0 Å². The van der Waals surface area contributed by atoms with Crippen LogP contribution in [0.25, 0.3) is 0 Å². The maximum Gasteiger partial charge on any atom is -0.000989 e. The highest BCUT2D eigenvalue weighted by Gasteiger charge is 2.63. The Morgan fingerprint density at radius 2 is 1.58 bits per heavy atom. The lowest BCUT2D eigenvalue weighted by atomic mass is 10.0. The van der Waals surface area contributed by atoms with E-state index in [-0.39, 0.29) is 0 Å². The van der Waals surface area contributed by atoms with E-state index in [1.807, 2.05) is 0 Å². The van der Waals surface area contributed by atoms with E-state index in [1.54, 1.807) is 0 Å². The molecule has 0 unspecified atom stereocenters. The highest BCUT2D eigenvalue weighted by molar-refractivity contribution is 5.14. The number of aryl methyl sites for hydroxylation is 1. The Morgan fingerprint density at radius 1 is 0.947 bits per heavy atom. The van der Waals surface area contributed by atoms with Gasteiger partial charge in [0, 0.05) is 0 Å². The van der Waals surface area contributed by atoms with Gasteiger partial charge in [0.15, 0.2) is 0 Å². The highest BCUT2D eigenvalue weighted by Crippen LogP contribution is 2.67. The summed E-state index contributed by atoms with van der Waals surface area (Å²) in [5.41, 5.74) is 2.50. The van der Waals surface area contributed by atoms with Crippen molar-refractivity contribution < 1.29 is 0 Å². The summed E-state index contributed by atoms with van der Waals surface area (Å²) in [5.74, 6) is 0.842. The molecule has 0 spiro atoms. The van der Waals surface area contributed by atoms with E-state index < -0.39 is 0 Å². The molecule has 0 heterocycles. The second kappa shape index (κ2) is 5.66. The zero-order valence-electron chi connectivity index (χ0n) is 13.0. The Kier molecular flexibility index (Phi) is 4.35. The van der Waals surface area contributed by atoms with Crippen LogP contribution < -0.4 is 5.32 Å². The van der Waals surface area contributed by atoms with Crippen LogP contribution in [0.1, 0.15) is 46.1 Å².